The highest BCUT2D eigenvalue weighted by molar-refractivity contribution is 9.10. The van der Waals surface area contributed by atoms with Gasteiger partial charge in [0, 0.05) is 22.6 Å². The van der Waals surface area contributed by atoms with Crippen molar-refractivity contribution in [2.45, 2.75) is 19.8 Å². The first kappa shape index (κ1) is 14.9. The van der Waals surface area contributed by atoms with E-state index in [1.807, 2.05) is 31.2 Å². The van der Waals surface area contributed by atoms with Gasteiger partial charge in [0.25, 0.3) is 0 Å². The molecule has 1 aromatic carbocycles. The van der Waals surface area contributed by atoms with Gasteiger partial charge in [0.1, 0.15) is 0 Å². The Balaban J connectivity index is 2.27. The van der Waals surface area contributed by atoms with Crippen LogP contribution in [0.1, 0.15) is 19.8 Å². The Labute approximate surface area is 126 Å². The summed E-state index contributed by atoms with van der Waals surface area (Å²) in [6.45, 7) is 2.41. The van der Waals surface area contributed by atoms with Gasteiger partial charge in [-0.25, -0.2) is 0 Å². The van der Waals surface area contributed by atoms with Crippen LogP contribution in [0, 0.1) is 5.92 Å². The number of hydrogen-bond acceptors (Lipinski definition) is 3. The summed E-state index contributed by atoms with van der Waals surface area (Å²) in [6, 6.07) is 7.71. The van der Waals surface area contributed by atoms with Crippen LogP contribution >= 0.6 is 15.9 Å². The number of anilines is 1. The Morgan fingerprint density at radius 1 is 1.50 bits per heavy atom. The second-order valence-electron chi connectivity index (χ2n) is 4.74. The minimum absolute atomic E-state index is 0.0356. The maximum absolute atomic E-state index is 12.2. The van der Waals surface area contributed by atoms with Crippen molar-refractivity contribution in [2.75, 3.05) is 11.9 Å². The first-order valence-corrected chi connectivity index (χ1v) is 7.50. The quantitative estimate of drug-likeness (QED) is 0.880. The van der Waals surface area contributed by atoms with Crippen LogP contribution in [0.2, 0.25) is 0 Å². The largest absolute Gasteiger partial charge is 0.330 e. The molecule has 0 saturated heterocycles. The number of rotatable bonds is 5. The molecule has 2 rings (SSSR count). The summed E-state index contributed by atoms with van der Waals surface area (Å²) in [5.74, 6) is -0.183. The van der Waals surface area contributed by atoms with Gasteiger partial charge in [0.15, 0.2) is 0 Å². The number of nitrogens with zero attached hydrogens (tertiary/aromatic N) is 1. The zero-order valence-corrected chi connectivity index (χ0v) is 13.0. The van der Waals surface area contributed by atoms with E-state index in [1.165, 1.54) is 0 Å². The maximum Gasteiger partial charge on any atom is 0.228 e. The van der Waals surface area contributed by atoms with Gasteiger partial charge in [-0.15, -0.1) is 0 Å². The molecular weight excluding hydrogens is 318 g/mol. The number of halogens is 1. The monoisotopic (exact) mass is 335 g/mol. The van der Waals surface area contributed by atoms with Gasteiger partial charge in [0.2, 0.25) is 5.91 Å². The Bertz CT molecular complexity index is 615. The Morgan fingerprint density at radius 2 is 2.30 bits per heavy atom. The first-order chi connectivity index (χ1) is 9.65. The van der Waals surface area contributed by atoms with Crippen molar-refractivity contribution in [1.29, 1.82) is 0 Å². The fourth-order valence-corrected chi connectivity index (χ4v) is 2.52. The van der Waals surface area contributed by atoms with Gasteiger partial charge in [-0.05, 0) is 34.5 Å². The van der Waals surface area contributed by atoms with Crippen LogP contribution in [-0.4, -0.2) is 17.4 Å². The SMILES string of the molecule is CCCC(CN)C(=O)Nc1cccc2cc(Br)cnc12. The molecule has 0 bridgehead atoms. The molecule has 5 heteroatoms. The van der Waals surface area contributed by atoms with Gasteiger partial charge in [0.05, 0.1) is 17.1 Å². The van der Waals surface area contributed by atoms with E-state index in [-0.39, 0.29) is 11.8 Å². The highest BCUT2D eigenvalue weighted by atomic mass is 79.9. The van der Waals surface area contributed by atoms with Gasteiger partial charge in [-0.3, -0.25) is 9.78 Å². The predicted octanol–water partition coefficient (Wildman–Crippen LogP) is 3.31. The molecule has 0 radical (unpaired) electrons. The van der Waals surface area contributed by atoms with Gasteiger partial charge >= 0.3 is 0 Å². The number of nitrogens with one attached hydrogen (secondary N) is 1. The number of fused-ring (bicyclic) bond motifs is 1. The Hall–Kier alpha value is -1.46. The number of carbonyl (C=O) groups is 1. The number of para-hydroxylation sites is 1. The molecule has 1 amide bonds. The fourth-order valence-electron chi connectivity index (χ4n) is 2.17. The molecule has 2 aromatic rings. The van der Waals surface area contributed by atoms with Crippen molar-refractivity contribution in [3.63, 3.8) is 0 Å². The molecule has 0 aliphatic rings. The van der Waals surface area contributed by atoms with Crippen LogP contribution < -0.4 is 11.1 Å². The third-order valence-electron chi connectivity index (χ3n) is 3.23. The lowest BCUT2D eigenvalue weighted by molar-refractivity contribution is -0.119. The minimum atomic E-state index is -0.147. The van der Waals surface area contributed by atoms with Crippen molar-refractivity contribution in [1.82, 2.24) is 4.98 Å². The molecular formula is C15H18BrN3O. The number of hydrogen-bond donors (Lipinski definition) is 2. The summed E-state index contributed by atoms with van der Waals surface area (Å²) in [5, 5.41) is 3.93. The molecule has 3 N–H and O–H groups in total. The van der Waals surface area contributed by atoms with Crippen molar-refractivity contribution in [3.05, 3.63) is 34.9 Å². The summed E-state index contributed by atoms with van der Waals surface area (Å²) >= 11 is 3.40. The number of pyridine rings is 1. The summed E-state index contributed by atoms with van der Waals surface area (Å²) in [6.07, 6.45) is 3.46. The smallest absolute Gasteiger partial charge is 0.228 e. The predicted molar refractivity (Wildman–Crippen MR) is 85.5 cm³/mol. The van der Waals surface area contributed by atoms with Gasteiger partial charge in [-0.1, -0.05) is 25.5 Å². The highest BCUT2D eigenvalue weighted by Crippen LogP contribution is 2.24. The van der Waals surface area contributed by atoms with Gasteiger partial charge < -0.3 is 11.1 Å². The zero-order chi connectivity index (χ0) is 14.5. The van der Waals surface area contributed by atoms with Crippen LogP contribution in [-0.2, 0) is 4.79 Å². The van der Waals surface area contributed by atoms with Crippen molar-refractivity contribution < 1.29 is 4.79 Å². The summed E-state index contributed by atoms with van der Waals surface area (Å²) in [4.78, 5) is 16.6. The van der Waals surface area contributed by atoms with E-state index in [1.54, 1.807) is 6.20 Å². The number of aromatic nitrogens is 1. The van der Waals surface area contributed by atoms with E-state index in [4.69, 9.17) is 5.73 Å². The average Bonchev–Trinajstić information content (AvgIpc) is 2.44. The zero-order valence-electron chi connectivity index (χ0n) is 11.4. The molecule has 1 atom stereocenters. The third-order valence-corrected chi connectivity index (χ3v) is 3.66. The number of amides is 1. The van der Waals surface area contributed by atoms with E-state index < -0.39 is 0 Å². The Morgan fingerprint density at radius 3 is 3.00 bits per heavy atom. The van der Waals surface area contributed by atoms with E-state index in [0.29, 0.717) is 6.54 Å². The van der Waals surface area contributed by atoms with Crippen LogP contribution in [0.4, 0.5) is 5.69 Å². The van der Waals surface area contributed by atoms with Crippen molar-refractivity contribution in [3.8, 4) is 0 Å². The number of carbonyl (C=O) groups excluding carboxylic acids is 1. The molecule has 20 heavy (non-hydrogen) atoms. The van der Waals surface area contributed by atoms with Crippen LogP contribution in [0.25, 0.3) is 10.9 Å². The van der Waals surface area contributed by atoms with Gasteiger partial charge in [-0.2, -0.15) is 0 Å². The van der Waals surface area contributed by atoms with E-state index in [9.17, 15) is 4.79 Å². The number of benzene rings is 1. The lowest BCUT2D eigenvalue weighted by Gasteiger charge is -2.14. The molecule has 1 unspecified atom stereocenters. The standard InChI is InChI=1S/C15H18BrN3O/c1-2-4-11(8-17)15(20)19-13-6-3-5-10-7-12(16)9-18-14(10)13/h3,5-7,9,11H,2,4,8,17H2,1H3,(H,19,20). The van der Waals surface area contributed by atoms with Crippen LogP contribution in [0.15, 0.2) is 34.9 Å². The lowest BCUT2D eigenvalue weighted by Crippen LogP contribution is -2.29. The number of nitrogens with two attached hydrogens (primary N) is 1. The molecule has 106 valence electrons. The Kier molecular flexibility index (Phi) is 5.09. The molecule has 1 aromatic heterocycles. The molecule has 0 aliphatic carbocycles. The molecule has 1 heterocycles. The molecule has 4 nitrogen and oxygen atoms in total. The van der Waals surface area contributed by atoms with E-state index >= 15 is 0 Å². The molecule has 0 spiro atoms. The van der Waals surface area contributed by atoms with E-state index in [0.717, 1.165) is 33.9 Å². The average molecular weight is 336 g/mol. The van der Waals surface area contributed by atoms with E-state index in [2.05, 4.69) is 26.2 Å². The lowest BCUT2D eigenvalue weighted by atomic mass is 10.0. The summed E-state index contributed by atoms with van der Waals surface area (Å²) in [5.41, 5.74) is 7.18. The topological polar surface area (TPSA) is 68.0 Å². The second-order valence-corrected chi connectivity index (χ2v) is 5.66. The van der Waals surface area contributed by atoms with Crippen molar-refractivity contribution >= 4 is 38.4 Å². The molecule has 0 aliphatic heterocycles. The first-order valence-electron chi connectivity index (χ1n) is 6.71. The van der Waals surface area contributed by atoms with Crippen LogP contribution in [0.3, 0.4) is 0 Å². The highest BCUT2D eigenvalue weighted by Gasteiger charge is 2.16. The fraction of sp³-hybridized carbons (Fsp3) is 0.333. The second kappa shape index (κ2) is 6.81. The summed E-state index contributed by atoms with van der Waals surface area (Å²) < 4.78 is 0.916. The normalized spacial score (nSPS) is 12.3. The van der Waals surface area contributed by atoms with Crippen LogP contribution in [0.5, 0.6) is 0 Å². The summed E-state index contributed by atoms with van der Waals surface area (Å²) in [7, 11) is 0. The maximum atomic E-state index is 12.2. The third kappa shape index (κ3) is 3.35. The molecule has 0 fully saturated rings. The van der Waals surface area contributed by atoms with Crippen molar-refractivity contribution in [2.24, 2.45) is 11.7 Å². The molecule has 0 saturated carbocycles. The minimum Gasteiger partial charge on any atom is -0.330 e.